The lowest BCUT2D eigenvalue weighted by Crippen LogP contribution is -2.49. The molecule has 0 spiro atoms. The molecule has 0 aromatic heterocycles. The van der Waals surface area contributed by atoms with Crippen molar-refractivity contribution in [3.05, 3.63) is 0 Å². The Bertz CT molecular complexity index is 264. The molecule has 100 valence electrons. The minimum Gasteiger partial charge on any atom is -0.480 e. The van der Waals surface area contributed by atoms with Gasteiger partial charge in [-0.25, -0.2) is 0 Å². The molecule has 0 bridgehead atoms. The third kappa shape index (κ3) is 5.68. The van der Waals surface area contributed by atoms with Gasteiger partial charge in [0.25, 0.3) is 0 Å². The van der Waals surface area contributed by atoms with E-state index >= 15 is 0 Å². The number of hydrogen-bond acceptors (Lipinski definition) is 3. The van der Waals surface area contributed by atoms with E-state index in [-0.39, 0.29) is 24.4 Å². The molecule has 0 saturated heterocycles. The first-order valence-corrected chi connectivity index (χ1v) is 6.05. The maximum Gasteiger partial charge on any atom is 0.321 e. The van der Waals surface area contributed by atoms with Gasteiger partial charge in [0, 0.05) is 6.04 Å². The lowest BCUT2D eigenvalue weighted by Gasteiger charge is -2.29. The zero-order valence-corrected chi connectivity index (χ0v) is 11.4. The van der Waals surface area contributed by atoms with Crippen molar-refractivity contribution in [2.75, 3.05) is 13.1 Å². The van der Waals surface area contributed by atoms with Crippen molar-refractivity contribution in [1.82, 2.24) is 10.2 Å². The van der Waals surface area contributed by atoms with Gasteiger partial charge >= 0.3 is 5.97 Å². The zero-order chi connectivity index (χ0) is 13.6. The van der Waals surface area contributed by atoms with Crippen LogP contribution in [0.25, 0.3) is 0 Å². The topological polar surface area (TPSA) is 69.6 Å². The van der Waals surface area contributed by atoms with E-state index in [2.05, 4.69) is 5.32 Å². The molecule has 17 heavy (non-hydrogen) atoms. The van der Waals surface area contributed by atoms with E-state index in [4.69, 9.17) is 5.11 Å². The summed E-state index contributed by atoms with van der Waals surface area (Å²) in [7, 11) is 0. The Kier molecular flexibility index (Phi) is 6.80. The second-order valence-corrected chi connectivity index (χ2v) is 4.81. The number of aliphatic carboxylic acids is 1. The van der Waals surface area contributed by atoms with Crippen LogP contribution in [0.1, 0.15) is 34.6 Å². The summed E-state index contributed by atoms with van der Waals surface area (Å²) in [4.78, 5) is 24.5. The molecule has 0 heterocycles. The Labute approximate surface area is 103 Å². The minimum atomic E-state index is -0.876. The zero-order valence-electron chi connectivity index (χ0n) is 11.4. The highest BCUT2D eigenvalue weighted by atomic mass is 16.4. The molecule has 1 amide bonds. The van der Waals surface area contributed by atoms with E-state index in [0.29, 0.717) is 6.54 Å². The normalized spacial score (nSPS) is 13.2. The van der Waals surface area contributed by atoms with Crippen molar-refractivity contribution in [2.45, 2.75) is 46.7 Å². The van der Waals surface area contributed by atoms with Crippen LogP contribution in [0.15, 0.2) is 0 Å². The second kappa shape index (κ2) is 7.27. The maximum absolute atomic E-state index is 11.6. The van der Waals surface area contributed by atoms with E-state index in [1.54, 1.807) is 4.90 Å². The smallest absolute Gasteiger partial charge is 0.321 e. The SMILES string of the molecule is CCN(CC(=O)NC(C)C)C(C(=O)O)C(C)C. The van der Waals surface area contributed by atoms with Crippen molar-refractivity contribution >= 4 is 11.9 Å². The molecule has 5 heteroatoms. The predicted octanol–water partition coefficient (Wildman–Crippen LogP) is 0.942. The van der Waals surface area contributed by atoms with E-state index in [1.807, 2.05) is 34.6 Å². The van der Waals surface area contributed by atoms with Gasteiger partial charge in [-0.3, -0.25) is 14.5 Å². The van der Waals surface area contributed by atoms with Crippen molar-refractivity contribution in [3.63, 3.8) is 0 Å². The first-order valence-electron chi connectivity index (χ1n) is 6.05. The van der Waals surface area contributed by atoms with Gasteiger partial charge in [0.15, 0.2) is 0 Å². The van der Waals surface area contributed by atoms with E-state index in [9.17, 15) is 9.59 Å². The van der Waals surface area contributed by atoms with Crippen molar-refractivity contribution < 1.29 is 14.7 Å². The summed E-state index contributed by atoms with van der Waals surface area (Å²) in [5, 5.41) is 11.9. The number of amides is 1. The van der Waals surface area contributed by atoms with Gasteiger partial charge in [0.2, 0.25) is 5.91 Å². The van der Waals surface area contributed by atoms with Gasteiger partial charge in [-0.15, -0.1) is 0 Å². The van der Waals surface area contributed by atoms with Crippen LogP contribution < -0.4 is 5.32 Å². The molecule has 1 atom stereocenters. The van der Waals surface area contributed by atoms with E-state index < -0.39 is 12.0 Å². The van der Waals surface area contributed by atoms with E-state index in [0.717, 1.165) is 0 Å². The molecule has 0 saturated carbocycles. The highest BCUT2D eigenvalue weighted by Crippen LogP contribution is 2.10. The summed E-state index contributed by atoms with van der Waals surface area (Å²) in [5.74, 6) is -1.03. The van der Waals surface area contributed by atoms with Crippen LogP contribution >= 0.6 is 0 Å². The highest BCUT2D eigenvalue weighted by Gasteiger charge is 2.28. The molecule has 0 rings (SSSR count). The largest absolute Gasteiger partial charge is 0.480 e. The van der Waals surface area contributed by atoms with Crippen LogP contribution in [0.2, 0.25) is 0 Å². The molecule has 0 fully saturated rings. The van der Waals surface area contributed by atoms with Crippen LogP contribution in [-0.4, -0.2) is 47.1 Å². The fraction of sp³-hybridized carbons (Fsp3) is 0.833. The molecule has 5 nitrogen and oxygen atoms in total. The third-order valence-corrected chi connectivity index (χ3v) is 2.48. The predicted molar refractivity (Wildman–Crippen MR) is 66.8 cm³/mol. The number of likely N-dealkylation sites (N-methyl/N-ethyl adjacent to an activating group) is 1. The summed E-state index contributed by atoms with van der Waals surface area (Å²) >= 11 is 0. The Morgan fingerprint density at radius 1 is 1.24 bits per heavy atom. The fourth-order valence-electron chi connectivity index (χ4n) is 1.82. The van der Waals surface area contributed by atoms with Gasteiger partial charge in [0.1, 0.15) is 6.04 Å². The third-order valence-electron chi connectivity index (χ3n) is 2.48. The van der Waals surface area contributed by atoms with Gasteiger partial charge in [-0.1, -0.05) is 20.8 Å². The number of carboxylic acid groups (broad SMARTS) is 1. The fourth-order valence-corrected chi connectivity index (χ4v) is 1.82. The number of carbonyl (C=O) groups excluding carboxylic acids is 1. The molecule has 2 N–H and O–H groups in total. The van der Waals surface area contributed by atoms with Gasteiger partial charge < -0.3 is 10.4 Å². The highest BCUT2D eigenvalue weighted by molar-refractivity contribution is 5.80. The lowest BCUT2D eigenvalue weighted by molar-refractivity contribution is -0.145. The number of carboxylic acids is 1. The summed E-state index contributed by atoms with van der Waals surface area (Å²) in [6.45, 7) is 9.99. The molecule has 0 aliphatic carbocycles. The lowest BCUT2D eigenvalue weighted by atomic mass is 10.0. The Balaban J connectivity index is 4.59. The first-order chi connectivity index (χ1) is 7.79. The van der Waals surface area contributed by atoms with E-state index in [1.165, 1.54) is 0 Å². The average molecular weight is 244 g/mol. The molecule has 0 aromatic carbocycles. The molecular formula is C12H24N2O3. The molecule has 0 aromatic rings. The van der Waals surface area contributed by atoms with Crippen molar-refractivity contribution in [2.24, 2.45) is 5.92 Å². The summed E-state index contributed by atoms with van der Waals surface area (Å²) < 4.78 is 0. The Morgan fingerprint density at radius 3 is 2.06 bits per heavy atom. The molecule has 1 unspecified atom stereocenters. The first kappa shape index (κ1) is 15.9. The Morgan fingerprint density at radius 2 is 1.76 bits per heavy atom. The van der Waals surface area contributed by atoms with Crippen LogP contribution in [0.5, 0.6) is 0 Å². The van der Waals surface area contributed by atoms with Gasteiger partial charge in [-0.05, 0) is 26.3 Å². The van der Waals surface area contributed by atoms with Gasteiger partial charge in [-0.2, -0.15) is 0 Å². The monoisotopic (exact) mass is 244 g/mol. The molecule has 0 aliphatic heterocycles. The maximum atomic E-state index is 11.6. The number of nitrogens with zero attached hydrogens (tertiary/aromatic N) is 1. The number of nitrogens with one attached hydrogen (secondary N) is 1. The summed E-state index contributed by atoms with van der Waals surface area (Å²) in [5.41, 5.74) is 0. The minimum absolute atomic E-state index is 0.0284. The second-order valence-electron chi connectivity index (χ2n) is 4.81. The van der Waals surface area contributed by atoms with Crippen LogP contribution in [0.4, 0.5) is 0 Å². The number of rotatable bonds is 7. The van der Waals surface area contributed by atoms with Crippen molar-refractivity contribution in [3.8, 4) is 0 Å². The van der Waals surface area contributed by atoms with Crippen LogP contribution in [0.3, 0.4) is 0 Å². The quantitative estimate of drug-likeness (QED) is 0.699. The van der Waals surface area contributed by atoms with Gasteiger partial charge in [0.05, 0.1) is 6.54 Å². The average Bonchev–Trinajstić information content (AvgIpc) is 2.13. The summed E-state index contributed by atoms with van der Waals surface area (Å²) in [6.07, 6.45) is 0. The van der Waals surface area contributed by atoms with Crippen LogP contribution in [0, 0.1) is 5.92 Å². The molecular weight excluding hydrogens is 220 g/mol. The summed E-state index contributed by atoms with van der Waals surface area (Å²) in [6, 6.07) is -0.540. The number of carbonyl (C=O) groups is 2. The molecule has 0 radical (unpaired) electrons. The molecule has 0 aliphatic rings. The van der Waals surface area contributed by atoms with Crippen molar-refractivity contribution in [1.29, 1.82) is 0 Å². The standard InChI is InChI=1S/C12H24N2O3/c1-6-14(7-10(15)13-9(4)5)11(8(2)3)12(16)17/h8-9,11H,6-7H2,1-5H3,(H,13,15)(H,16,17). The number of hydrogen-bond donors (Lipinski definition) is 2. The Hall–Kier alpha value is -1.10. The van der Waals surface area contributed by atoms with Crippen LogP contribution in [-0.2, 0) is 9.59 Å².